The number of hydrazine groups is 1. The van der Waals surface area contributed by atoms with Crippen LogP contribution in [0.15, 0.2) is 29.4 Å². The first-order valence-electron chi connectivity index (χ1n) is 6.14. The number of carbonyl (C=O) groups excluding carboxylic acids is 3. The molecule has 0 saturated carbocycles. The predicted molar refractivity (Wildman–Crippen MR) is 79.9 cm³/mol. The van der Waals surface area contributed by atoms with Gasteiger partial charge in [-0.05, 0) is 12.1 Å². The fourth-order valence-electron chi connectivity index (χ4n) is 1.48. The Balaban J connectivity index is 1.75. The number of para-hydroxylation sites is 1. The van der Waals surface area contributed by atoms with E-state index in [0.29, 0.717) is 5.56 Å². The van der Waals surface area contributed by atoms with Gasteiger partial charge in [0.2, 0.25) is 5.91 Å². The van der Waals surface area contributed by atoms with Crippen LogP contribution in [0.5, 0.6) is 5.75 Å². The summed E-state index contributed by atoms with van der Waals surface area (Å²) in [7, 11) is 0. The first kappa shape index (κ1) is 15.8. The van der Waals surface area contributed by atoms with Crippen LogP contribution in [0.4, 0.5) is 4.79 Å². The summed E-state index contributed by atoms with van der Waals surface area (Å²) in [6.45, 7) is 0. The van der Waals surface area contributed by atoms with Crippen molar-refractivity contribution in [1.29, 1.82) is 0 Å². The highest BCUT2D eigenvalue weighted by Gasteiger charge is 2.26. The predicted octanol–water partition coefficient (Wildman–Crippen LogP) is -0.754. The molecule has 9 nitrogen and oxygen atoms in total. The van der Waals surface area contributed by atoms with Crippen LogP contribution in [0.25, 0.3) is 0 Å². The molecule has 1 aromatic carbocycles. The normalized spacial score (nSPS) is 17.9. The summed E-state index contributed by atoms with van der Waals surface area (Å²) < 4.78 is 0. The smallest absolute Gasteiger partial charge is 0.335 e. The number of nitrogens with zero attached hydrogens (tertiary/aromatic N) is 1. The number of imide groups is 1. The Morgan fingerprint density at radius 2 is 2.18 bits per heavy atom. The van der Waals surface area contributed by atoms with E-state index in [1.165, 1.54) is 12.3 Å². The zero-order valence-electron chi connectivity index (χ0n) is 11.2. The second kappa shape index (κ2) is 7.43. The van der Waals surface area contributed by atoms with Crippen molar-refractivity contribution >= 4 is 35.8 Å². The van der Waals surface area contributed by atoms with Gasteiger partial charge in [0.15, 0.2) is 5.37 Å². The van der Waals surface area contributed by atoms with Crippen molar-refractivity contribution in [3.63, 3.8) is 0 Å². The molecule has 1 atom stereocenters. The van der Waals surface area contributed by atoms with E-state index in [2.05, 4.69) is 26.7 Å². The first-order valence-corrected chi connectivity index (χ1v) is 7.19. The summed E-state index contributed by atoms with van der Waals surface area (Å²) in [6.07, 6.45) is 1.31. The lowest BCUT2D eigenvalue weighted by molar-refractivity contribution is -0.121. The number of phenolic OH excluding ortho intramolecular Hbond substituents is 1. The lowest BCUT2D eigenvalue weighted by Gasteiger charge is -2.22. The Morgan fingerprint density at radius 1 is 1.41 bits per heavy atom. The summed E-state index contributed by atoms with van der Waals surface area (Å²) in [4.78, 5) is 33.8. The summed E-state index contributed by atoms with van der Waals surface area (Å²) in [5, 5.41) is 14.5. The molecule has 1 aromatic rings. The molecule has 4 amide bonds. The molecular formula is C12H13N5O4S. The second-order valence-electron chi connectivity index (χ2n) is 4.13. The molecule has 0 aliphatic carbocycles. The van der Waals surface area contributed by atoms with E-state index in [0.717, 1.165) is 11.8 Å². The highest BCUT2D eigenvalue weighted by atomic mass is 32.2. The van der Waals surface area contributed by atoms with E-state index in [-0.39, 0.29) is 11.5 Å². The van der Waals surface area contributed by atoms with Crippen LogP contribution in [0.3, 0.4) is 0 Å². The highest BCUT2D eigenvalue weighted by Crippen LogP contribution is 2.12. The van der Waals surface area contributed by atoms with Crippen molar-refractivity contribution in [2.24, 2.45) is 5.10 Å². The Kier molecular flexibility index (Phi) is 5.33. The minimum atomic E-state index is -0.759. The maximum absolute atomic E-state index is 11.6. The van der Waals surface area contributed by atoms with Crippen LogP contribution < -0.4 is 21.6 Å². The summed E-state index contributed by atoms with van der Waals surface area (Å²) >= 11 is 0.992. The van der Waals surface area contributed by atoms with Crippen LogP contribution in [0.2, 0.25) is 0 Å². The van der Waals surface area contributed by atoms with Crippen LogP contribution in [0.1, 0.15) is 5.56 Å². The molecule has 0 radical (unpaired) electrons. The van der Waals surface area contributed by atoms with Crippen LogP contribution in [0, 0.1) is 0 Å². The lowest BCUT2D eigenvalue weighted by atomic mass is 10.2. The molecule has 1 aliphatic heterocycles. The van der Waals surface area contributed by atoms with Gasteiger partial charge >= 0.3 is 6.03 Å². The number of thioether (sulfide) groups is 1. The van der Waals surface area contributed by atoms with Gasteiger partial charge in [-0.15, -0.1) is 11.8 Å². The van der Waals surface area contributed by atoms with Crippen LogP contribution in [-0.2, 0) is 9.59 Å². The Bertz CT molecular complexity index is 621. The lowest BCUT2D eigenvalue weighted by Crippen LogP contribution is -2.61. The third-order valence-corrected chi connectivity index (χ3v) is 3.60. The number of hydrogen-bond acceptors (Lipinski definition) is 7. The van der Waals surface area contributed by atoms with Gasteiger partial charge in [0.25, 0.3) is 5.91 Å². The Labute approximate surface area is 129 Å². The van der Waals surface area contributed by atoms with Crippen LogP contribution >= 0.6 is 11.8 Å². The number of carbonyl (C=O) groups is 3. The molecule has 0 spiro atoms. The van der Waals surface area contributed by atoms with E-state index >= 15 is 0 Å². The molecule has 1 saturated heterocycles. The number of amides is 4. The largest absolute Gasteiger partial charge is 0.507 e. The van der Waals surface area contributed by atoms with Gasteiger partial charge in [-0.3, -0.25) is 20.3 Å². The minimum absolute atomic E-state index is 0.0426. The molecule has 22 heavy (non-hydrogen) atoms. The molecule has 116 valence electrons. The second-order valence-corrected chi connectivity index (χ2v) is 5.22. The fraction of sp³-hybridized carbons (Fsp3) is 0.167. The van der Waals surface area contributed by atoms with Crippen LogP contribution in [-0.4, -0.2) is 40.3 Å². The topological polar surface area (TPSA) is 132 Å². The number of urea groups is 1. The molecule has 1 heterocycles. The fourth-order valence-corrected chi connectivity index (χ4v) is 2.22. The molecule has 1 aliphatic rings. The SMILES string of the molecule is O=C(CSC1NNC(=O)NC1=O)N/N=C/c1ccccc1O. The van der Waals surface area contributed by atoms with E-state index in [1.54, 1.807) is 18.2 Å². The van der Waals surface area contributed by atoms with Crippen molar-refractivity contribution < 1.29 is 19.5 Å². The third-order valence-electron chi connectivity index (χ3n) is 2.50. The zero-order valence-corrected chi connectivity index (χ0v) is 12.0. The standard InChI is InChI=1S/C12H13N5O4S/c18-8-4-2-1-3-7(8)5-13-15-9(19)6-22-11-10(20)14-12(21)17-16-11/h1-5,11,16,18H,6H2,(H,15,19)(H2,14,17,20,21)/b13-5+. The quantitative estimate of drug-likeness (QED) is 0.358. The Morgan fingerprint density at radius 3 is 2.91 bits per heavy atom. The van der Waals surface area contributed by atoms with E-state index in [4.69, 9.17) is 0 Å². The van der Waals surface area contributed by atoms with Gasteiger partial charge in [-0.1, -0.05) is 12.1 Å². The molecule has 2 rings (SSSR count). The molecule has 1 unspecified atom stereocenters. The molecule has 10 heteroatoms. The average molecular weight is 323 g/mol. The number of rotatable bonds is 5. The number of nitrogens with one attached hydrogen (secondary N) is 4. The molecular weight excluding hydrogens is 310 g/mol. The number of hydrogen-bond donors (Lipinski definition) is 5. The summed E-state index contributed by atoms with van der Waals surface area (Å²) in [5.74, 6) is -0.949. The van der Waals surface area contributed by atoms with Gasteiger partial charge in [0, 0.05) is 5.56 Å². The summed E-state index contributed by atoms with van der Waals surface area (Å²) in [5.41, 5.74) is 7.43. The number of aromatic hydroxyl groups is 1. The maximum Gasteiger partial charge on any atom is 0.335 e. The van der Waals surface area contributed by atoms with Gasteiger partial charge in [-0.25, -0.2) is 15.6 Å². The van der Waals surface area contributed by atoms with E-state index in [1.807, 2.05) is 0 Å². The third kappa shape index (κ3) is 4.46. The monoisotopic (exact) mass is 323 g/mol. The summed E-state index contributed by atoms with van der Waals surface area (Å²) in [6, 6.07) is 5.89. The minimum Gasteiger partial charge on any atom is -0.507 e. The van der Waals surface area contributed by atoms with E-state index < -0.39 is 23.2 Å². The van der Waals surface area contributed by atoms with Gasteiger partial charge in [-0.2, -0.15) is 5.10 Å². The van der Waals surface area contributed by atoms with Gasteiger partial charge < -0.3 is 5.11 Å². The van der Waals surface area contributed by atoms with Crippen molar-refractivity contribution in [3.05, 3.63) is 29.8 Å². The molecule has 0 aromatic heterocycles. The molecule has 5 N–H and O–H groups in total. The van der Waals surface area contributed by atoms with Crippen molar-refractivity contribution in [1.82, 2.24) is 21.6 Å². The number of hydrazone groups is 1. The Hall–Kier alpha value is -2.59. The van der Waals surface area contributed by atoms with Gasteiger partial charge in [0.05, 0.1) is 12.0 Å². The van der Waals surface area contributed by atoms with Crippen molar-refractivity contribution in [2.75, 3.05) is 5.75 Å². The zero-order chi connectivity index (χ0) is 15.9. The van der Waals surface area contributed by atoms with Crippen molar-refractivity contribution in [2.45, 2.75) is 5.37 Å². The average Bonchev–Trinajstić information content (AvgIpc) is 2.48. The van der Waals surface area contributed by atoms with Crippen molar-refractivity contribution in [3.8, 4) is 5.75 Å². The molecule has 1 fully saturated rings. The number of benzene rings is 1. The van der Waals surface area contributed by atoms with E-state index in [9.17, 15) is 19.5 Å². The maximum atomic E-state index is 11.6. The highest BCUT2D eigenvalue weighted by molar-refractivity contribution is 8.01. The van der Waals surface area contributed by atoms with Gasteiger partial charge in [0.1, 0.15) is 5.75 Å². The number of phenols is 1. The molecule has 0 bridgehead atoms. The first-order chi connectivity index (χ1) is 10.6.